The predicted octanol–water partition coefficient (Wildman–Crippen LogP) is 3.95. The lowest BCUT2D eigenvalue weighted by Crippen LogP contribution is -2.07. The summed E-state index contributed by atoms with van der Waals surface area (Å²) >= 11 is 7.48. The maximum Gasteiger partial charge on any atom is 0.103 e. The molecule has 0 saturated heterocycles. The lowest BCUT2D eigenvalue weighted by molar-refractivity contribution is 0.0956. The van der Waals surface area contributed by atoms with Crippen molar-refractivity contribution in [3.8, 4) is 11.1 Å². The molecule has 0 spiro atoms. The number of aliphatic hydroxyl groups is 2. The van der Waals surface area contributed by atoms with Crippen LogP contribution in [0, 0.1) is 6.92 Å². The van der Waals surface area contributed by atoms with E-state index < -0.39 is 6.10 Å². The molecule has 3 nitrogen and oxygen atoms in total. The Balaban J connectivity index is 2.36. The molecule has 0 amide bonds. The highest BCUT2D eigenvalue weighted by molar-refractivity contribution is 7.17. The molecule has 3 rings (SSSR count). The Morgan fingerprint density at radius 3 is 2.67 bits per heavy atom. The number of hydrogen-bond donors (Lipinski definition) is 2. The Bertz CT molecular complexity index is 783. The summed E-state index contributed by atoms with van der Waals surface area (Å²) in [4.78, 5) is 4.36. The topological polar surface area (TPSA) is 53.4 Å². The molecular weight excluding hydrogens is 306 g/mol. The van der Waals surface area contributed by atoms with Gasteiger partial charge in [0.05, 0.1) is 22.3 Å². The van der Waals surface area contributed by atoms with E-state index in [-0.39, 0.29) is 6.61 Å². The third kappa shape index (κ3) is 2.56. The summed E-state index contributed by atoms with van der Waals surface area (Å²) in [6, 6.07) is 9.43. The van der Waals surface area contributed by atoms with Crippen LogP contribution in [0.25, 0.3) is 21.3 Å². The summed E-state index contributed by atoms with van der Waals surface area (Å²) < 4.78 is 1.01. The molecule has 5 heteroatoms. The molecule has 2 N–H and O–H groups in total. The second kappa shape index (κ2) is 5.73. The normalized spacial score (nSPS) is 12.8. The highest BCUT2D eigenvalue weighted by atomic mass is 35.5. The zero-order valence-corrected chi connectivity index (χ0v) is 12.9. The number of hydrogen-bond acceptors (Lipinski definition) is 4. The molecule has 21 heavy (non-hydrogen) atoms. The first kappa shape index (κ1) is 14.5. The number of aromatic nitrogens is 1. The number of benzene rings is 2. The van der Waals surface area contributed by atoms with Gasteiger partial charge in [0.1, 0.15) is 6.10 Å². The van der Waals surface area contributed by atoms with Crippen LogP contribution in [0.4, 0.5) is 0 Å². The first-order chi connectivity index (χ1) is 10.1. The van der Waals surface area contributed by atoms with Crippen LogP contribution in [0.5, 0.6) is 0 Å². The van der Waals surface area contributed by atoms with Gasteiger partial charge in [-0.15, -0.1) is 11.3 Å². The highest BCUT2D eigenvalue weighted by Gasteiger charge is 2.20. The van der Waals surface area contributed by atoms with Crippen LogP contribution in [0.1, 0.15) is 17.2 Å². The molecule has 0 bridgehead atoms. The Morgan fingerprint density at radius 1 is 1.29 bits per heavy atom. The van der Waals surface area contributed by atoms with Crippen LogP contribution in [0.3, 0.4) is 0 Å². The van der Waals surface area contributed by atoms with Gasteiger partial charge in [-0.05, 0) is 41.8 Å². The van der Waals surface area contributed by atoms with Crippen LogP contribution in [-0.2, 0) is 0 Å². The van der Waals surface area contributed by atoms with Crippen LogP contribution in [-0.4, -0.2) is 21.8 Å². The molecule has 1 unspecified atom stereocenters. The monoisotopic (exact) mass is 319 g/mol. The van der Waals surface area contributed by atoms with E-state index in [9.17, 15) is 10.2 Å². The quantitative estimate of drug-likeness (QED) is 0.768. The molecule has 1 atom stereocenters. The van der Waals surface area contributed by atoms with Crippen LogP contribution in [0.15, 0.2) is 35.8 Å². The molecule has 0 aliphatic heterocycles. The van der Waals surface area contributed by atoms with Gasteiger partial charge < -0.3 is 10.2 Å². The van der Waals surface area contributed by atoms with E-state index in [2.05, 4.69) is 4.98 Å². The van der Waals surface area contributed by atoms with Gasteiger partial charge in [0.2, 0.25) is 0 Å². The fourth-order valence-electron chi connectivity index (χ4n) is 2.57. The number of thiazole rings is 1. The van der Waals surface area contributed by atoms with Crippen molar-refractivity contribution in [1.82, 2.24) is 4.98 Å². The third-order valence-electron chi connectivity index (χ3n) is 3.51. The van der Waals surface area contributed by atoms with Crippen molar-refractivity contribution < 1.29 is 10.2 Å². The molecule has 3 aromatic rings. The molecule has 1 heterocycles. The van der Waals surface area contributed by atoms with Gasteiger partial charge in [0.25, 0.3) is 0 Å². The second-order valence-electron chi connectivity index (χ2n) is 4.89. The number of halogens is 1. The average molecular weight is 320 g/mol. The molecular formula is C16H14ClNO2S. The number of rotatable bonds is 3. The second-order valence-corrected chi connectivity index (χ2v) is 6.18. The van der Waals surface area contributed by atoms with E-state index >= 15 is 0 Å². The van der Waals surface area contributed by atoms with E-state index in [4.69, 9.17) is 11.6 Å². The Kier molecular flexibility index (Phi) is 3.95. The summed E-state index contributed by atoms with van der Waals surface area (Å²) in [7, 11) is 0. The summed E-state index contributed by atoms with van der Waals surface area (Å²) in [6.45, 7) is 1.61. The van der Waals surface area contributed by atoms with Gasteiger partial charge >= 0.3 is 0 Å². The van der Waals surface area contributed by atoms with E-state index in [1.54, 1.807) is 5.51 Å². The number of aryl methyl sites for hydroxylation is 1. The molecule has 2 aromatic carbocycles. The summed E-state index contributed by atoms with van der Waals surface area (Å²) in [5, 5.41) is 20.2. The minimum atomic E-state index is -0.915. The SMILES string of the molecule is Cc1cc2ncsc2c(-c2ccc(Cl)cc2)c1C(O)CO. The summed E-state index contributed by atoms with van der Waals surface area (Å²) in [5.74, 6) is 0. The minimum absolute atomic E-state index is 0.314. The zero-order chi connectivity index (χ0) is 15.0. The van der Waals surface area contributed by atoms with Crippen LogP contribution < -0.4 is 0 Å². The molecule has 0 radical (unpaired) electrons. The molecule has 0 saturated carbocycles. The maximum atomic E-state index is 10.2. The van der Waals surface area contributed by atoms with Gasteiger partial charge in [-0.3, -0.25) is 0 Å². The molecule has 0 fully saturated rings. The average Bonchev–Trinajstić information content (AvgIpc) is 2.94. The van der Waals surface area contributed by atoms with Crippen LogP contribution in [0.2, 0.25) is 5.02 Å². The van der Waals surface area contributed by atoms with Gasteiger partial charge in [0.15, 0.2) is 0 Å². The smallest absolute Gasteiger partial charge is 0.103 e. The van der Waals surface area contributed by atoms with Crippen molar-refractivity contribution in [3.63, 3.8) is 0 Å². The summed E-state index contributed by atoms with van der Waals surface area (Å²) in [5.41, 5.74) is 6.23. The van der Waals surface area contributed by atoms with Gasteiger partial charge in [-0.25, -0.2) is 4.98 Å². The van der Waals surface area contributed by atoms with E-state index in [0.717, 1.165) is 32.5 Å². The van der Waals surface area contributed by atoms with E-state index in [1.807, 2.05) is 37.3 Å². The van der Waals surface area contributed by atoms with Crippen molar-refractivity contribution in [1.29, 1.82) is 0 Å². The lowest BCUT2D eigenvalue weighted by atomic mass is 9.92. The summed E-state index contributed by atoms with van der Waals surface area (Å²) in [6.07, 6.45) is -0.915. The number of nitrogens with zero attached hydrogens (tertiary/aromatic N) is 1. The van der Waals surface area contributed by atoms with Crippen molar-refractivity contribution in [3.05, 3.63) is 52.0 Å². The van der Waals surface area contributed by atoms with Crippen molar-refractivity contribution in [2.24, 2.45) is 0 Å². The Hall–Kier alpha value is -1.46. The minimum Gasteiger partial charge on any atom is -0.393 e. The zero-order valence-electron chi connectivity index (χ0n) is 11.4. The van der Waals surface area contributed by atoms with Crippen molar-refractivity contribution >= 4 is 33.2 Å². The number of aliphatic hydroxyl groups excluding tert-OH is 2. The molecule has 1 aromatic heterocycles. The van der Waals surface area contributed by atoms with Gasteiger partial charge in [-0.2, -0.15) is 0 Å². The van der Waals surface area contributed by atoms with Crippen LogP contribution >= 0.6 is 22.9 Å². The molecule has 0 aliphatic rings. The fourth-order valence-corrected chi connectivity index (χ4v) is 3.55. The molecule has 108 valence electrons. The molecule has 0 aliphatic carbocycles. The van der Waals surface area contributed by atoms with Gasteiger partial charge in [0, 0.05) is 10.6 Å². The largest absolute Gasteiger partial charge is 0.393 e. The van der Waals surface area contributed by atoms with Crippen molar-refractivity contribution in [2.45, 2.75) is 13.0 Å². The first-order valence-electron chi connectivity index (χ1n) is 6.53. The Labute approximate surface area is 131 Å². The first-order valence-corrected chi connectivity index (χ1v) is 7.79. The highest BCUT2D eigenvalue weighted by Crippen LogP contribution is 2.39. The maximum absolute atomic E-state index is 10.2. The third-order valence-corrected chi connectivity index (χ3v) is 4.62. The predicted molar refractivity (Wildman–Crippen MR) is 86.8 cm³/mol. The number of fused-ring (bicyclic) bond motifs is 1. The standard InChI is InChI=1S/C16H14ClNO2S/c1-9-6-12-16(21-8-18-12)15(14(9)13(20)7-19)10-2-4-11(17)5-3-10/h2-6,8,13,19-20H,7H2,1H3. The fraction of sp³-hybridized carbons (Fsp3) is 0.188. The van der Waals surface area contributed by atoms with E-state index in [1.165, 1.54) is 11.3 Å². The van der Waals surface area contributed by atoms with Gasteiger partial charge in [-0.1, -0.05) is 23.7 Å². The Morgan fingerprint density at radius 2 is 2.00 bits per heavy atom. The van der Waals surface area contributed by atoms with Crippen molar-refractivity contribution in [2.75, 3.05) is 6.61 Å². The van der Waals surface area contributed by atoms with E-state index in [0.29, 0.717) is 5.02 Å². The lowest BCUT2D eigenvalue weighted by Gasteiger charge is -2.18.